The van der Waals surface area contributed by atoms with E-state index >= 15 is 0 Å². The number of alkyl halides is 3. The van der Waals surface area contributed by atoms with Crippen molar-refractivity contribution in [1.29, 1.82) is 0 Å². The van der Waals surface area contributed by atoms with Gasteiger partial charge in [0, 0.05) is 11.9 Å². The number of fused-ring (bicyclic) bond motifs is 1. The normalized spacial score (nSPS) is 21.1. The predicted molar refractivity (Wildman–Crippen MR) is 87.1 cm³/mol. The largest absolute Gasteiger partial charge is 0.497 e. The van der Waals surface area contributed by atoms with E-state index in [4.69, 9.17) is 9.47 Å². The number of Topliss-reactive ketones (excluding diaryl/α,β-unsaturated/α-hetero) is 1. The molecule has 8 heteroatoms. The molecule has 0 radical (unpaired) electrons. The van der Waals surface area contributed by atoms with E-state index in [1.165, 1.54) is 31.4 Å². The molecular weight excluding hydrogens is 351 g/mol. The van der Waals surface area contributed by atoms with Crippen molar-refractivity contribution >= 4 is 11.5 Å². The van der Waals surface area contributed by atoms with E-state index in [9.17, 15) is 23.1 Å². The van der Waals surface area contributed by atoms with Crippen LogP contribution >= 0.6 is 0 Å². The molecule has 0 aromatic heterocycles. The molecule has 1 atom stereocenters. The summed E-state index contributed by atoms with van der Waals surface area (Å²) in [6.45, 7) is 0. The maximum Gasteiger partial charge on any atom is 0.460 e. The van der Waals surface area contributed by atoms with Crippen LogP contribution in [0.5, 0.6) is 11.5 Å². The van der Waals surface area contributed by atoms with Crippen molar-refractivity contribution in [3.05, 3.63) is 65.9 Å². The van der Waals surface area contributed by atoms with Gasteiger partial charge >= 0.3 is 12.0 Å². The topological polar surface area (TPSA) is 67.8 Å². The molecule has 1 aliphatic rings. The Labute approximate surface area is 146 Å². The van der Waals surface area contributed by atoms with Gasteiger partial charge in [-0.3, -0.25) is 4.79 Å². The first kappa shape index (κ1) is 17.8. The van der Waals surface area contributed by atoms with Crippen LogP contribution in [0, 0.1) is 0 Å². The van der Waals surface area contributed by atoms with Crippen molar-refractivity contribution in [3.63, 3.8) is 0 Å². The molecule has 0 spiro atoms. The summed E-state index contributed by atoms with van der Waals surface area (Å²) in [7, 11) is 1.48. The zero-order valence-electron chi connectivity index (χ0n) is 13.5. The van der Waals surface area contributed by atoms with Gasteiger partial charge in [-0.05, 0) is 36.4 Å². The second-order valence-corrected chi connectivity index (χ2v) is 5.50. The number of ether oxygens (including phenoxy) is 2. The Morgan fingerprint density at radius 1 is 1.15 bits per heavy atom. The van der Waals surface area contributed by atoms with E-state index in [1.807, 2.05) is 0 Å². The average Bonchev–Trinajstić information content (AvgIpc) is 2.61. The van der Waals surface area contributed by atoms with Crippen LogP contribution in [0.4, 0.5) is 18.9 Å². The van der Waals surface area contributed by atoms with E-state index in [0.29, 0.717) is 11.4 Å². The van der Waals surface area contributed by atoms with Crippen LogP contribution in [0.3, 0.4) is 0 Å². The van der Waals surface area contributed by atoms with E-state index in [-0.39, 0.29) is 11.3 Å². The summed E-state index contributed by atoms with van der Waals surface area (Å²) in [5, 5.41) is 12.7. The minimum absolute atomic E-state index is 0.0656. The molecule has 0 saturated heterocycles. The summed E-state index contributed by atoms with van der Waals surface area (Å²) in [4.78, 5) is 12.5. The summed E-state index contributed by atoms with van der Waals surface area (Å²) < 4.78 is 50.1. The van der Waals surface area contributed by atoms with Crippen LogP contribution in [0.2, 0.25) is 0 Å². The molecule has 0 bridgehead atoms. The molecule has 0 aliphatic carbocycles. The molecule has 1 aliphatic heterocycles. The molecule has 0 fully saturated rings. The molecule has 5 nitrogen and oxygen atoms in total. The first-order valence-corrected chi connectivity index (χ1v) is 7.49. The van der Waals surface area contributed by atoms with E-state index in [0.717, 1.165) is 6.20 Å². The van der Waals surface area contributed by atoms with Gasteiger partial charge < -0.3 is 19.9 Å². The summed E-state index contributed by atoms with van der Waals surface area (Å²) in [5.41, 5.74) is -0.627. The fourth-order valence-electron chi connectivity index (χ4n) is 2.47. The highest BCUT2D eigenvalue weighted by Crippen LogP contribution is 2.44. The van der Waals surface area contributed by atoms with Crippen molar-refractivity contribution in [2.75, 3.05) is 12.4 Å². The van der Waals surface area contributed by atoms with Crippen molar-refractivity contribution in [3.8, 4) is 11.5 Å². The highest BCUT2D eigenvalue weighted by molar-refractivity contribution is 6.12. The van der Waals surface area contributed by atoms with Gasteiger partial charge in [-0.1, -0.05) is 12.1 Å². The zero-order chi connectivity index (χ0) is 18.9. The highest BCUT2D eigenvalue weighted by atomic mass is 19.4. The molecule has 2 aromatic carbocycles. The molecule has 26 heavy (non-hydrogen) atoms. The highest BCUT2D eigenvalue weighted by Gasteiger charge is 2.63. The minimum Gasteiger partial charge on any atom is -0.497 e. The van der Waals surface area contributed by atoms with Crippen molar-refractivity contribution in [2.45, 2.75) is 12.0 Å². The lowest BCUT2D eigenvalue weighted by Gasteiger charge is -2.36. The molecule has 1 unspecified atom stereocenters. The molecule has 0 saturated carbocycles. The first-order valence-electron chi connectivity index (χ1n) is 7.49. The molecule has 2 N–H and O–H groups in total. The van der Waals surface area contributed by atoms with Gasteiger partial charge in [-0.2, -0.15) is 13.2 Å². The second kappa shape index (κ2) is 6.38. The Kier molecular flexibility index (Phi) is 4.37. The lowest BCUT2D eigenvalue weighted by molar-refractivity contribution is -0.315. The molecule has 3 rings (SSSR count). The number of ketones is 1. The third-order valence-electron chi connectivity index (χ3n) is 3.86. The maximum atomic E-state index is 13.5. The van der Waals surface area contributed by atoms with E-state index in [1.54, 1.807) is 24.3 Å². The number of methoxy groups -OCH3 is 1. The van der Waals surface area contributed by atoms with Crippen molar-refractivity contribution in [2.24, 2.45) is 0 Å². The number of para-hydroxylation sites is 1. The summed E-state index contributed by atoms with van der Waals surface area (Å²) >= 11 is 0. The van der Waals surface area contributed by atoms with E-state index in [2.05, 4.69) is 5.32 Å². The quantitative estimate of drug-likeness (QED) is 0.815. The molecule has 2 aromatic rings. The Morgan fingerprint density at radius 2 is 1.81 bits per heavy atom. The molecular formula is C18H14F3NO4. The molecule has 0 amide bonds. The second-order valence-electron chi connectivity index (χ2n) is 5.50. The zero-order valence-corrected chi connectivity index (χ0v) is 13.5. The van der Waals surface area contributed by atoms with Crippen LogP contribution in [-0.4, -0.2) is 30.0 Å². The number of nitrogens with one attached hydrogen (secondary N) is 1. The fourth-order valence-corrected chi connectivity index (χ4v) is 2.47. The molecule has 1 heterocycles. The fraction of sp³-hybridized carbons (Fsp3) is 0.167. The predicted octanol–water partition coefficient (Wildman–Crippen LogP) is 3.52. The lowest BCUT2D eigenvalue weighted by atomic mass is 9.92. The molecule has 136 valence electrons. The number of carbonyl (C=O) groups excluding carboxylic acids is 1. The van der Waals surface area contributed by atoms with Crippen LogP contribution in [0.1, 0.15) is 10.4 Å². The Balaban J connectivity index is 2.01. The number of hydrogen-bond donors (Lipinski definition) is 2. The number of rotatable bonds is 3. The first-order chi connectivity index (χ1) is 12.3. The van der Waals surface area contributed by atoms with Crippen LogP contribution < -0.4 is 14.8 Å². The number of benzene rings is 2. The number of halogens is 3. The SMILES string of the molecule is COc1ccc(NC=C2C(=O)c3ccccc3OC2(O)C(F)(F)F)cc1. The Hall–Kier alpha value is -3.00. The maximum absolute atomic E-state index is 13.5. The van der Waals surface area contributed by atoms with Crippen LogP contribution in [0.15, 0.2) is 60.3 Å². The smallest absolute Gasteiger partial charge is 0.460 e. The Bertz CT molecular complexity index is 861. The third kappa shape index (κ3) is 2.99. The van der Waals surface area contributed by atoms with Gasteiger partial charge in [-0.15, -0.1) is 0 Å². The van der Waals surface area contributed by atoms with Crippen molar-refractivity contribution < 1.29 is 32.5 Å². The Morgan fingerprint density at radius 3 is 2.42 bits per heavy atom. The van der Waals surface area contributed by atoms with Gasteiger partial charge in [0.2, 0.25) is 5.78 Å². The van der Waals surface area contributed by atoms with Crippen LogP contribution in [-0.2, 0) is 0 Å². The van der Waals surface area contributed by atoms with Gasteiger partial charge in [0.25, 0.3) is 0 Å². The monoisotopic (exact) mass is 365 g/mol. The number of hydrogen-bond acceptors (Lipinski definition) is 5. The standard InChI is InChI=1S/C18H14F3NO4/c1-25-12-8-6-11(7-9-12)22-10-14-16(23)13-4-2-3-5-15(13)26-17(14,24)18(19,20)21/h2-10,22,24H,1H3. The third-order valence-corrected chi connectivity index (χ3v) is 3.86. The number of aliphatic hydroxyl groups is 1. The lowest BCUT2D eigenvalue weighted by Crippen LogP contribution is -2.56. The number of carbonyl (C=O) groups is 1. The van der Waals surface area contributed by atoms with Gasteiger partial charge in [0.05, 0.1) is 18.2 Å². The summed E-state index contributed by atoms with van der Waals surface area (Å²) in [6.07, 6.45) is -4.42. The summed E-state index contributed by atoms with van der Waals surface area (Å²) in [5.74, 6) is -4.51. The average molecular weight is 365 g/mol. The number of anilines is 1. The summed E-state index contributed by atoms with van der Waals surface area (Å²) in [6, 6.07) is 11.7. The van der Waals surface area contributed by atoms with Gasteiger partial charge in [-0.25, -0.2) is 0 Å². The van der Waals surface area contributed by atoms with Crippen LogP contribution in [0.25, 0.3) is 0 Å². The van der Waals surface area contributed by atoms with E-state index < -0.39 is 23.3 Å². The van der Waals surface area contributed by atoms with Crippen molar-refractivity contribution in [1.82, 2.24) is 0 Å². The van der Waals surface area contributed by atoms with Gasteiger partial charge in [0.15, 0.2) is 0 Å². The van der Waals surface area contributed by atoms with Gasteiger partial charge in [0.1, 0.15) is 11.5 Å². The minimum atomic E-state index is -5.22.